The van der Waals surface area contributed by atoms with Gasteiger partial charge >= 0.3 is 10.3 Å². The highest BCUT2D eigenvalue weighted by Crippen LogP contribution is 2.28. The fourth-order valence-electron chi connectivity index (χ4n) is 2.76. The van der Waals surface area contributed by atoms with Gasteiger partial charge in [-0.15, -0.1) is 0 Å². The van der Waals surface area contributed by atoms with Crippen LogP contribution >= 0.6 is 0 Å². The zero-order valence-corrected chi connectivity index (χ0v) is 11.7. The van der Waals surface area contributed by atoms with Crippen LogP contribution in [0, 0.1) is 0 Å². The van der Waals surface area contributed by atoms with Crippen molar-refractivity contribution in [3.63, 3.8) is 0 Å². The summed E-state index contributed by atoms with van der Waals surface area (Å²) < 4.78 is 33.0. The topological polar surface area (TPSA) is 95.4 Å². The molecule has 2 N–H and O–H groups in total. The number of hydrogen-bond acceptors (Lipinski definition) is 5. The van der Waals surface area contributed by atoms with Crippen molar-refractivity contribution in [1.29, 1.82) is 0 Å². The largest absolute Gasteiger partial charge is 0.344 e. The molecular formula is C12H16N4O3S. The molecule has 0 spiro atoms. The molecule has 2 aliphatic rings. The number of nitrogens with zero attached hydrogens (tertiary/aromatic N) is 3. The Morgan fingerprint density at radius 3 is 3.15 bits per heavy atom. The van der Waals surface area contributed by atoms with Crippen LogP contribution < -0.4 is 5.32 Å². The first kappa shape index (κ1) is 13.5. The Balaban J connectivity index is 1.72. The first-order valence-electron chi connectivity index (χ1n) is 6.53. The van der Waals surface area contributed by atoms with Crippen LogP contribution in [0.2, 0.25) is 0 Å². The van der Waals surface area contributed by atoms with Gasteiger partial charge in [-0.25, -0.2) is 9.97 Å². The van der Waals surface area contributed by atoms with Gasteiger partial charge in [-0.3, -0.25) is 4.55 Å². The fourth-order valence-corrected chi connectivity index (χ4v) is 3.68. The third-order valence-electron chi connectivity index (χ3n) is 3.71. The number of nitrogens with one attached hydrogen (secondary N) is 1. The van der Waals surface area contributed by atoms with E-state index >= 15 is 0 Å². The van der Waals surface area contributed by atoms with E-state index in [2.05, 4.69) is 15.3 Å². The van der Waals surface area contributed by atoms with Crippen molar-refractivity contribution < 1.29 is 13.0 Å². The van der Waals surface area contributed by atoms with E-state index in [1.807, 2.05) is 6.08 Å². The summed E-state index contributed by atoms with van der Waals surface area (Å²) in [5.74, 6) is 0.772. The maximum absolute atomic E-state index is 11.3. The summed E-state index contributed by atoms with van der Waals surface area (Å²) in [6.45, 7) is 0.384. The van der Waals surface area contributed by atoms with Crippen LogP contribution in [-0.4, -0.2) is 39.8 Å². The van der Waals surface area contributed by atoms with Gasteiger partial charge in [-0.05, 0) is 19.3 Å². The van der Waals surface area contributed by atoms with Crippen LogP contribution in [0.25, 0.3) is 0 Å². The molecule has 2 aliphatic heterocycles. The lowest BCUT2D eigenvalue weighted by Gasteiger charge is -2.24. The van der Waals surface area contributed by atoms with Crippen LogP contribution in [0.4, 0.5) is 5.82 Å². The van der Waals surface area contributed by atoms with E-state index < -0.39 is 10.3 Å². The van der Waals surface area contributed by atoms with Gasteiger partial charge in [0.05, 0.1) is 0 Å². The van der Waals surface area contributed by atoms with Gasteiger partial charge in [-0.1, -0.05) is 6.08 Å². The van der Waals surface area contributed by atoms with Gasteiger partial charge in [0.2, 0.25) is 0 Å². The Labute approximate surface area is 117 Å². The molecule has 0 bridgehead atoms. The smallest absolute Gasteiger partial charge is 0.336 e. The predicted molar refractivity (Wildman–Crippen MR) is 73.3 cm³/mol. The third kappa shape index (κ3) is 2.67. The molecule has 108 valence electrons. The first-order valence-corrected chi connectivity index (χ1v) is 7.93. The minimum atomic E-state index is -4.11. The Morgan fingerprint density at radius 1 is 1.50 bits per heavy atom. The summed E-state index contributed by atoms with van der Waals surface area (Å²) in [6, 6.07) is -0.188. The van der Waals surface area contributed by atoms with E-state index in [0.717, 1.165) is 36.3 Å². The number of anilines is 1. The molecule has 20 heavy (non-hydrogen) atoms. The fraction of sp³-hybridized carbons (Fsp3) is 0.500. The highest BCUT2D eigenvalue weighted by atomic mass is 32.2. The van der Waals surface area contributed by atoms with Gasteiger partial charge in [0.1, 0.15) is 12.1 Å². The molecule has 3 heterocycles. The van der Waals surface area contributed by atoms with Crippen LogP contribution in [-0.2, 0) is 16.7 Å². The molecule has 0 aromatic carbocycles. The summed E-state index contributed by atoms with van der Waals surface area (Å²) in [5.41, 5.74) is 1.96. The van der Waals surface area contributed by atoms with Gasteiger partial charge in [0.15, 0.2) is 0 Å². The summed E-state index contributed by atoms with van der Waals surface area (Å²) in [5, 5.41) is 3.20. The molecule has 1 aromatic heterocycles. The van der Waals surface area contributed by atoms with Gasteiger partial charge in [0.25, 0.3) is 0 Å². The molecular weight excluding hydrogens is 280 g/mol. The minimum Gasteiger partial charge on any atom is -0.344 e. The van der Waals surface area contributed by atoms with Crippen molar-refractivity contribution in [2.45, 2.75) is 31.7 Å². The third-order valence-corrected chi connectivity index (χ3v) is 4.78. The Kier molecular flexibility index (Phi) is 3.45. The minimum absolute atomic E-state index is 0.188. The van der Waals surface area contributed by atoms with Crippen molar-refractivity contribution >= 4 is 16.1 Å². The normalized spacial score (nSPS) is 23.1. The second kappa shape index (κ2) is 5.12. The zero-order valence-electron chi connectivity index (χ0n) is 10.9. The molecule has 0 amide bonds. The number of rotatable bonds is 3. The van der Waals surface area contributed by atoms with Gasteiger partial charge < -0.3 is 5.32 Å². The average Bonchev–Trinajstić information content (AvgIpc) is 2.87. The van der Waals surface area contributed by atoms with E-state index in [9.17, 15) is 13.0 Å². The second-order valence-electron chi connectivity index (χ2n) is 5.04. The number of fused-ring (bicyclic) bond motifs is 1. The summed E-state index contributed by atoms with van der Waals surface area (Å²) >= 11 is 0. The van der Waals surface area contributed by atoms with E-state index in [1.165, 1.54) is 10.6 Å². The number of allylic oxidation sites excluding steroid dienone is 1. The van der Waals surface area contributed by atoms with Crippen LogP contribution in [0.3, 0.4) is 0 Å². The monoisotopic (exact) mass is 296 g/mol. The molecule has 7 nitrogen and oxygen atoms in total. The van der Waals surface area contributed by atoms with Crippen molar-refractivity contribution in [2.75, 3.05) is 11.9 Å². The predicted octanol–water partition coefficient (Wildman–Crippen LogP) is 0.986. The quantitative estimate of drug-likeness (QED) is 0.807. The average molecular weight is 296 g/mol. The van der Waals surface area contributed by atoms with Gasteiger partial charge in [-0.2, -0.15) is 12.7 Å². The summed E-state index contributed by atoms with van der Waals surface area (Å²) in [4.78, 5) is 8.14. The molecule has 0 aliphatic carbocycles. The van der Waals surface area contributed by atoms with Gasteiger partial charge in [0, 0.05) is 36.5 Å². The molecule has 1 atom stereocenters. The van der Waals surface area contributed by atoms with Crippen LogP contribution in [0.1, 0.15) is 24.8 Å². The first-order chi connectivity index (χ1) is 9.54. The summed E-state index contributed by atoms with van der Waals surface area (Å²) in [7, 11) is -4.11. The van der Waals surface area contributed by atoms with Crippen LogP contribution in [0.15, 0.2) is 24.3 Å². The lowest BCUT2D eigenvalue weighted by atomic mass is 10.0. The molecule has 1 saturated heterocycles. The van der Waals surface area contributed by atoms with E-state index in [1.54, 1.807) is 6.20 Å². The van der Waals surface area contributed by atoms with Crippen LogP contribution in [0.5, 0.6) is 0 Å². The lowest BCUT2D eigenvalue weighted by molar-refractivity contribution is 0.334. The number of hydrogen-bond donors (Lipinski definition) is 2. The maximum Gasteiger partial charge on any atom is 0.336 e. The molecule has 3 rings (SSSR count). The van der Waals surface area contributed by atoms with E-state index in [4.69, 9.17) is 0 Å². The molecule has 8 heteroatoms. The Hall–Kier alpha value is -1.51. The highest BCUT2D eigenvalue weighted by molar-refractivity contribution is 7.83. The molecule has 0 saturated carbocycles. The van der Waals surface area contributed by atoms with E-state index in [0.29, 0.717) is 13.0 Å². The molecule has 0 radical (unpaired) electrons. The van der Waals surface area contributed by atoms with E-state index in [-0.39, 0.29) is 6.04 Å². The van der Waals surface area contributed by atoms with Crippen molar-refractivity contribution in [2.24, 2.45) is 0 Å². The Morgan fingerprint density at radius 2 is 2.35 bits per heavy atom. The van der Waals surface area contributed by atoms with Crippen molar-refractivity contribution in [1.82, 2.24) is 14.3 Å². The Bertz CT molecular complexity index is 644. The second-order valence-corrected chi connectivity index (χ2v) is 6.41. The SMILES string of the molecule is O=S(=O)(O)N1CCC[C@@H]1CC1=CCc2cncnc2N1. The molecule has 0 unspecified atom stereocenters. The lowest BCUT2D eigenvalue weighted by Crippen LogP contribution is -2.35. The molecule has 1 aromatic rings. The zero-order chi connectivity index (χ0) is 14.2. The maximum atomic E-state index is 11.3. The summed E-state index contributed by atoms with van der Waals surface area (Å²) in [6.07, 6.45) is 8.09. The molecule has 1 fully saturated rings. The van der Waals surface area contributed by atoms with Crippen molar-refractivity contribution in [3.8, 4) is 0 Å². The highest BCUT2D eigenvalue weighted by Gasteiger charge is 2.33. The standard InChI is InChI=1S/C12H16N4O3S/c17-20(18,19)16-5-1-2-11(16)6-10-4-3-9-7-13-8-14-12(9)15-10/h4,7-8,11H,1-3,5-6H2,(H,13,14,15)(H,17,18,19)/t11-/m1/s1. The van der Waals surface area contributed by atoms with Crippen molar-refractivity contribution in [3.05, 3.63) is 29.9 Å². The number of aromatic nitrogens is 2.